The summed E-state index contributed by atoms with van der Waals surface area (Å²) in [6, 6.07) is 4.55. The maximum absolute atomic E-state index is 5.82. The maximum Gasteiger partial charge on any atom is 0.0961 e. The van der Waals surface area contributed by atoms with E-state index in [4.69, 9.17) is 11.6 Å². The summed E-state index contributed by atoms with van der Waals surface area (Å²) in [5.74, 6) is 2.00. The van der Waals surface area contributed by atoms with Crippen LogP contribution in [0, 0.1) is 5.92 Å². The van der Waals surface area contributed by atoms with Crippen molar-refractivity contribution in [1.82, 2.24) is 10.3 Å². The first-order valence-electron chi connectivity index (χ1n) is 6.27. The first kappa shape index (κ1) is 13.2. The van der Waals surface area contributed by atoms with Crippen molar-refractivity contribution in [1.29, 1.82) is 0 Å². The van der Waals surface area contributed by atoms with E-state index in [-0.39, 0.29) is 0 Å². The smallest absolute Gasteiger partial charge is 0.0961 e. The molecule has 0 saturated heterocycles. The molecule has 1 fully saturated rings. The zero-order chi connectivity index (χ0) is 12.1. The van der Waals surface area contributed by atoms with Gasteiger partial charge in [-0.15, -0.1) is 11.8 Å². The van der Waals surface area contributed by atoms with E-state index in [0.29, 0.717) is 11.1 Å². The zero-order valence-corrected chi connectivity index (χ0v) is 11.7. The molecule has 1 aromatic heterocycles. The van der Waals surface area contributed by atoms with Crippen molar-refractivity contribution in [3.8, 4) is 0 Å². The Labute approximate surface area is 113 Å². The van der Waals surface area contributed by atoms with Crippen LogP contribution in [0.25, 0.3) is 0 Å². The predicted octanol–water partition coefficient (Wildman–Crippen LogP) is 3.61. The molecule has 2 rings (SSSR count). The van der Waals surface area contributed by atoms with Crippen molar-refractivity contribution >= 4 is 23.4 Å². The Morgan fingerprint density at radius 3 is 2.94 bits per heavy atom. The van der Waals surface area contributed by atoms with Gasteiger partial charge in [-0.3, -0.25) is 0 Å². The van der Waals surface area contributed by atoms with Gasteiger partial charge >= 0.3 is 0 Å². The van der Waals surface area contributed by atoms with Crippen molar-refractivity contribution in [2.24, 2.45) is 5.92 Å². The third-order valence-corrected chi connectivity index (χ3v) is 4.25. The van der Waals surface area contributed by atoms with Crippen molar-refractivity contribution in [2.45, 2.75) is 37.3 Å². The second-order valence-corrected chi connectivity index (χ2v) is 6.00. The molecule has 1 N–H and O–H groups in total. The Morgan fingerprint density at radius 1 is 1.53 bits per heavy atom. The summed E-state index contributed by atoms with van der Waals surface area (Å²) in [6.45, 7) is 3.33. The van der Waals surface area contributed by atoms with E-state index in [1.807, 2.05) is 23.9 Å². The molecule has 2 nitrogen and oxygen atoms in total. The van der Waals surface area contributed by atoms with Gasteiger partial charge in [-0.2, -0.15) is 0 Å². The van der Waals surface area contributed by atoms with Crippen LogP contribution in [0.4, 0.5) is 0 Å². The van der Waals surface area contributed by atoms with Gasteiger partial charge in [0.25, 0.3) is 0 Å². The summed E-state index contributed by atoms with van der Waals surface area (Å²) < 4.78 is 0. The lowest BCUT2D eigenvalue weighted by atomic mass is 10.2. The highest BCUT2D eigenvalue weighted by atomic mass is 35.5. The summed E-state index contributed by atoms with van der Waals surface area (Å²) in [5, 5.41) is 5.41. The third kappa shape index (κ3) is 4.49. The Morgan fingerprint density at radius 2 is 2.35 bits per heavy atom. The quantitative estimate of drug-likeness (QED) is 0.767. The molecule has 1 heterocycles. The second kappa shape index (κ2) is 6.62. The largest absolute Gasteiger partial charge is 0.313 e. The molecule has 1 unspecified atom stereocenters. The minimum atomic E-state index is 0.650. The second-order valence-electron chi connectivity index (χ2n) is 4.52. The molecule has 0 aromatic carbocycles. The molecule has 17 heavy (non-hydrogen) atoms. The number of nitrogens with one attached hydrogen (secondary N) is 1. The molecule has 1 aliphatic rings. The molecule has 0 spiro atoms. The number of thioether (sulfide) groups is 1. The predicted molar refractivity (Wildman–Crippen MR) is 74.8 cm³/mol. The van der Waals surface area contributed by atoms with Crippen molar-refractivity contribution in [2.75, 3.05) is 12.3 Å². The van der Waals surface area contributed by atoms with Crippen molar-refractivity contribution in [3.05, 3.63) is 23.4 Å². The lowest BCUT2D eigenvalue weighted by molar-refractivity contribution is 0.503. The molecule has 0 bridgehead atoms. The number of nitrogens with zero attached hydrogens (tertiary/aromatic N) is 1. The maximum atomic E-state index is 5.82. The first-order chi connectivity index (χ1) is 8.29. The van der Waals surface area contributed by atoms with Gasteiger partial charge in [-0.05, 0) is 43.9 Å². The van der Waals surface area contributed by atoms with Gasteiger partial charge in [0.15, 0.2) is 0 Å². The third-order valence-electron chi connectivity index (χ3n) is 2.96. The molecule has 1 aliphatic carbocycles. The summed E-state index contributed by atoms with van der Waals surface area (Å²) in [7, 11) is 0. The number of rotatable bonds is 7. The normalized spacial score (nSPS) is 17.1. The van der Waals surface area contributed by atoms with Crippen LogP contribution in [0.3, 0.4) is 0 Å². The van der Waals surface area contributed by atoms with E-state index < -0.39 is 0 Å². The fourth-order valence-corrected chi connectivity index (χ4v) is 2.96. The van der Waals surface area contributed by atoms with E-state index in [9.17, 15) is 0 Å². The summed E-state index contributed by atoms with van der Waals surface area (Å²) >= 11 is 7.64. The lowest BCUT2D eigenvalue weighted by Gasteiger charge is -2.17. The zero-order valence-electron chi connectivity index (χ0n) is 10.2. The molecule has 0 aliphatic heterocycles. The van der Waals surface area contributed by atoms with Crippen LogP contribution >= 0.6 is 23.4 Å². The van der Waals surface area contributed by atoms with Crippen LogP contribution in [-0.4, -0.2) is 23.3 Å². The molecule has 94 valence electrons. The van der Waals surface area contributed by atoms with E-state index in [1.165, 1.54) is 19.3 Å². The molecule has 0 radical (unpaired) electrons. The molecular weight excluding hydrogens is 252 g/mol. The monoisotopic (exact) mass is 270 g/mol. The minimum absolute atomic E-state index is 0.650. The van der Waals surface area contributed by atoms with Crippen LogP contribution < -0.4 is 5.32 Å². The molecular formula is C13H19ClN2S. The van der Waals surface area contributed by atoms with Gasteiger partial charge in [-0.25, -0.2) is 4.98 Å². The van der Waals surface area contributed by atoms with E-state index in [0.717, 1.165) is 23.2 Å². The first-order valence-corrected chi connectivity index (χ1v) is 7.63. The molecule has 1 aromatic rings. The van der Waals surface area contributed by atoms with E-state index in [2.05, 4.69) is 17.2 Å². The van der Waals surface area contributed by atoms with Crippen LogP contribution in [0.2, 0.25) is 5.02 Å². The number of halogens is 1. The number of pyridine rings is 1. The number of hydrogen-bond acceptors (Lipinski definition) is 3. The Balaban J connectivity index is 1.80. The Hall–Kier alpha value is -0.250. The molecule has 1 saturated carbocycles. The fraction of sp³-hybridized carbons (Fsp3) is 0.615. The average Bonchev–Trinajstić information content (AvgIpc) is 3.16. The standard InChI is InChI=1S/C13H19ClN2S/c1-2-7-15-12(10-3-4-10)9-17-13-6-5-11(14)8-16-13/h5-6,8,10,12,15H,2-4,7,9H2,1H3. The van der Waals surface area contributed by atoms with Gasteiger partial charge < -0.3 is 5.32 Å². The van der Waals surface area contributed by atoms with Gasteiger partial charge in [-0.1, -0.05) is 18.5 Å². The highest BCUT2D eigenvalue weighted by Crippen LogP contribution is 2.35. The summed E-state index contributed by atoms with van der Waals surface area (Å²) in [4.78, 5) is 4.31. The lowest BCUT2D eigenvalue weighted by Crippen LogP contribution is -2.33. The van der Waals surface area contributed by atoms with E-state index >= 15 is 0 Å². The number of hydrogen-bond donors (Lipinski definition) is 1. The molecule has 0 amide bonds. The van der Waals surface area contributed by atoms with Crippen LogP contribution in [0.5, 0.6) is 0 Å². The Kier molecular flexibility index (Phi) is 5.14. The van der Waals surface area contributed by atoms with Crippen LogP contribution in [0.1, 0.15) is 26.2 Å². The minimum Gasteiger partial charge on any atom is -0.313 e. The number of aromatic nitrogens is 1. The highest BCUT2D eigenvalue weighted by Gasteiger charge is 2.30. The Bertz CT molecular complexity index is 338. The van der Waals surface area contributed by atoms with Gasteiger partial charge in [0, 0.05) is 18.0 Å². The summed E-state index contributed by atoms with van der Waals surface area (Å²) in [5.41, 5.74) is 0. The van der Waals surface area contributed by atoms with Gasteiger partial charge in [0.2, 0.25) is 0 Å². The van der Waals surface area contributed by atoms with Crippen LogP contribution in [0.15, 0.2) is 23.4 Å². The highest BCUT2D eigenvalue weighted by molar-refractivity contribution is 7.99. The average molecular weight is 271 g/mol. The van der Waals surface area contributed by atoms with E-state index in [1.54, 1.807) is 6.20 Å². The fourth-order valence-electron chi connectivity index (χ4n) is 1.81. The summed E-state index contributed by atoms with van der Waals surface area (Å²) in [6.07, 6.45) is 5.69. The molecule has 1 atom stereocenters. The van der Waals surface area contributed by atoms with Gasteiger partial charge in [0.05, 0.1) is 10.0 Å². The van der Waals surface area contributed by atoms with Crippen molar-refractivity contribution in [3.63, 3.8) is 0 Å². The SMILES string of the molecule is CCCNC(CSc1ccc(Cl)cn1)C1CC1. The molecule has 4 heteroatoms. The van der Waals surface area contributed by atoms with Gasteiger partial charge in [0.1, 0.15) is 0 Å². The van der Waals surface area contributed by atoms with Crippen LogP contribution in [-0.2, 0) is 0 Å². The van der Waals surface area contributed by atoms with Crippen molar-refractivity contribution < 1.29 is 0 Å². The topological polar surface area (TPSA) is 24.9 Å².